The number of piperidine rings is 1. The Morgan fingerprint density at radius 1 is 1.21 bits per heavy atom. The Hall–Kier alpha value is -3.57. The lowest BCUT2D eigenvalue weighted by Crippen LogP contribution is -2.27. The van der Waals surface area contributed by atoms with E-state index in [1.807, 2.05) is 37.3 Å². The van der Waals surface area contributed by atoms with Gasteiger partial charge in [-0.2, -0.15) is 0 Å². The smallest absolute Gasteiger partial charge is 0.185 e. The summed E-state index contributed by atoms with van der Waals surface area (Å²) in [5, 5.41) is 11.8. The molecule has 0 aliphatic carbocycles. The van der Waals surface area contributed by atoms with Gasteiger partial charge in [0.2, 0.25) is 0 Å². The van der Waals surface area contributed by atoms with E-state index in [-0.39, 0.29) is 5.76 Å². The summed E-state index contributed by atoms with van der Waals surface area (Å²) in [5.41, 5.74) is 9.15. The molecule has 1 heterocycles. The van der Waals surface area contributed by atoms with E-state index in [0.717, 1.165) is 11.5 Å². The SMILES string of the molecule is C#CC.C=C(C)O/C(C=O)=C/C(=C/C)C(=N)N(C)Cc1ccccc1SC.CN.Cc1ccc(C2CCNCC2)cc1. The molecule has 1 aliphatic heterocycles. The van der Waals surface area contributed by atoms with Gasteiger partial charge in [-0.1, -0.05) is 60.7 Å². The van der Waals surface area contributed by atoms with Crippen molar-refractivity contribution in [3.8, 4) is 12.3 Å². The molecule has 0 atom stereocenters. The molecule has 7 heteroatoms. The molecule has 3 rings (SSSR count). The molecule has 2 aromatic rings. The maximum atomic E-state index is 11.1. The maximum absolute atomic E-state index is 11.1. The number of hydrogen-bond donors (Lipinski definition) is 3. The summed E-state index contributed by atoms with van der Waals surface area (Å²) < 4.78 is 5.26. The van der Waals surface area contributed by atoms with Crippen LogP contribution in [-0.2, 0) is 16.1 Å². The summed E-state index contributed by atoms with van der Waals surface area (Å²) in [6, 6.07) is 17.1. The van der Waals surface area contributed by atoms with Gasteiger partial charge in [-0.05, 0) is 96.1 Å². The van der Waals surface area contributed by atoms with E-state index in [1.165, 1.54) is 49.0 Å². The lowest BCUT2D eigenvalue weighted by Gasteiger charge is -2.22. The van der Waals surface area contributed by atoms with Gasteiger partial charge in [0.05, 0.1) is 5.76 Å². The molecule has 0 spiro atoms. The molecule has 1 aliphatic rings. The second kappa shape index (κ2) is 23.0. The van der Waals surface area contributed by atoms with Crippen LogP contribution in [0, 0.1) is 24.7 Å². The van der Waals surface area contributed by atoms with Crippen molar-refractivity contribution in [1.29, 1.82) is 5.41 Å². The van der Waals surface area contributed by atoms with Crippen molar-refractivity contribution in [3.63, 3.8) is 0 Å². The second-order valence-corrected chi connectivity index (χ2v) is 10.3. The summed E-state index contributed by atoms with van der Waals surface area (Å²) >= 11 is 1.68. The molecule has 228 valence electrons. The van der Waals surface area contributed by atoms with E-state index in [1.54, 1.807) is 37.8 Å². The number of amidine groups is 1. The number of hydrogen-bond acceptors (Lipinski definition) is 6. The van der Waals surface area contributed by atoms with Gasteiger partial charge in [0.1, 0.15) is 5.84 Å². The van der Waals surface area contributed by atoms with Gasteiger partial charge in [-0.15, -0.1) is 24.1 Å². The van der Waals surface area contributed by atoms with Crippen molar-refractivity contribution >= 4 is 23.9 Å². The van der Waals surface area contributed by atoms with Crippen molar-refractivity contribution in [2.24, 2.45) is 5.73 Å². The molecular formula is C35H50N4O2S. The van der Waals surface area contributed by atoms with Gasteiger partial charge in [-0.3, -0.25) is 10.2 Å². The van der Waals surface area contributed by atoms with Crippen molar-refractivity contribution in [3.05, 3.63) is 101 Å². The van der Waals surface area contributed by atoms with Crippen LogP contribution < -0.4 is 11.1 Å². The summed E-state index contributed by atoms with van der Waals surface area (Å²) in [6.07, 6.45) is 13.2. The number of thioether (sulfide) groups is 1. The number of rotatable bonds is 9. The van der Waals surface area contributed by atoms with Gasteiger partial charge in [0.25, 0.3) is 0 Å². The minimum Gasteiger partial charge on any atom is -0.459 e. The third-order valence-corrected chi connectivity index (χ3v) is 7.00. The van der Waals surface area contributed by atoms with Crippen LogP contribution in [0.3, 0.4) is 0 Å². The average Bonchev–Trinajstić information content (AvgIpc) is 3.01. The molecule has 0 radical (unpaired) electrons. The number of carbonyl (C=O) groups is 1. The van der Waals surface area contributed by atoms with Crippen LogP contribution in [0.4, 0.5) is 0 Å². The van der Waals surface area contributed by atoms with Crippen molar-refractivity contribution < 1.29 is 9.53 Å². The molecule has 0 amide bonds. The number of aldehydes is 1. The second-order valence-electron chi connectivity index (χ2n) is 9.45. The van der Waals surface area contributed by atoms with Crippen LogP contribution in [0.15, 0.2) is 89.2 Å². The monoisotopic (exact) mass is 590 g/mol. The van der Waals surface area contributed by atoms with E-state index in [4.69, 9.17) is 10.1 Å². The summed E-state index contributed by atoms with van der Waals surface area (Å²) in [6.45, 7) is 13.9. The van der Waals surface area contributed by atoms with Gasteiger partial charge in [0.15, 0.2) is 12.0 Å². The van der Waals surface area contributed by atoms with Crippen LogP contribution >= 0.6 is 11.8 Å². The minimum atomic E-state index is 0.137. The Balaban J connectivity index is 0.000000776. The largest absolute Gasteiger partial charge is 0.459 e. The predicted molar refractivity (Wildman–Crippen MR) is 182 cm³/mol. The van der Waals surface area contributed by atoms with E-state index in [9.17, 15) is 4.79 Å². The van der Waals surface area contributed by atoms with E-state index >= 15 is 0 Å². The fourth-order valence-corrected chi connectivity index (χ4v) is 4.72. The van der Waals surface area contributed by atoms with Gasteiger partial charge in [0, 0.05) is 24.1 Å². The molecule has 1 saturated heterocycles. The quantitative estimate of drug-likeness (QED) is 0.0423. The van der Waals surface area contributed by atoms with Crippen molar-refractivity contribution in [2.75, 3.05) is 33.4 Å². The highest BCUT2D eigenvalue weighted by Gasteiger charge is 2.14. The van der Waals surface area contributed by atoms with Gasteiger partial charge >= 0.3 is 0 Å². The number of ether oxygens (including phenoxy) is 1. The molecule has 4 N–H and O–H groups in total. The average molecular weight is 591 g/mol. The highest BCUT2D eigenvalue weighted by molar-refractivity contribution is 7.98. The lowest BCUT2D eigenvalue weighted by molar-refractivity contribution is -0.107. The highest BCUT2D eigenvalue weighted by Crippen LogP contribution is 2.25. The molecule has 1 fully saturated rings. The number of aryl methyl sites for hydroxylation is 1. The highest BCUT2D eigenvalue weighted by atomic mass is 32.2. The fourth-order valence-electron chi connectivity index (χ4n) is 4.11. The summed E-state index contributed by atoms with van der Waals surface area (Å²) in [7, 11) is 3.36. The lowest BCUT2D eigenvalue weighted by atomic mass is 9.90. The number of carbonyl (C=O) groups excluding carboxylic acids is 1. The molecule has 0 bridgehead atoms. The van der Waals surface area contributed by atoms with Crippen molar-refractivity contribution in [1.82, 2.24) is 10.2 Å². The number of nitrogens with two attached hydrogens (primary N) is 1. The first-order valence-electron chi connectivity index (χ1n) is 14.0. The van der Waals surface area contributed by atoms with Gasteiger partial charge in [-0.25, -0.2) is 0 Å². The first kappa shape index (κ1) is 38.4. The molecule has 0 unspecified atom stereocenters. The number of allylic oxidation sites excluding steroid dienone is 3. The normalized spacial score (nSPS) is 12.9. The van der Waals surface area contributed by atoms with Crippen LogP contribution in [0.2, 0.25) is 0 Å². The Kier molecular flexibility index (Phi) is 21.1. The van der Waals surface area contributed by atoms with Crippen LogP contribution in [0.1, 0.15) is 56.2 Å². The topological polar surface area (TPSA) is 91.4 Å². The number of likely N-dealkylation sites (N-methyl/N-ethyl adjacent to an activating group) is 1. The Morgan fingerprint density at radius 2 is 1.79 bits per heavy atom. The Bertz CT molecular complexity index is 1190. The third-order valence-electron chi connectivity index (χ3n) is 6.16. The third kappa shape index (κ3) is 14.9. The van der Waals surface area contributed by atoms with Crippen LogP contribution in [0.5, 0.6) is 0 Å². The Morgan fingerprint density at radius 3 is 2.29 bits per heavy atom. The Labute approximate surface area is 259 Å². The van der Waals surface area contributed by atoms with E-state index < -0.39 is 0 Å². The molecule has 0 saturated carbocycles. The zero-order chi connectivity index (χ0) is 31.9. The first-order chi connectivity index (χ1) is 20.2. The van der Waals surface area contributed by atoms with Crippen molar-refractivity contribution in [2.45, 2.75) is 57.9 Å². The van der Waals surface area contributed by atoms with E-state index in [2.05, 4.69) is 73.3 Å². The van der Waals surface area contributed by atoms with Gasteiger partial charge < -0.3 is 20.7 Å². The number of terminal acetylenes is 1. The first-order valence-corrected chi connectivity index (χ1v) is 15.2. The summed E-state index contributed by atoms with van der Waals surface area (Å²) in [4.78, 5) is 14.1. The van der Waals surface area contributed by atoms with Crippen LogP contribution in [0.25, 0.3) is 0 Å². The molecule has 2 aromatic carbocycles. The minimum absolute atomic E-state index is 0.137. The fraction of sp³-hybridized carbons (Fsp3) is 0.371. The molecular weight excluding hydrogens is 540 g/mol. The zero-order valence-electron chi connectivity index (χ0n) is 26.5. The number of nitrogens with zero attached hydrogens (tertiary/aromatic N) is 1. The molecule has 42 heavy (non-hydrogen) atoms. The number of nitrogens with one attached hydrogen (secondary N) is 2. The predicted octanol–water partition coefficient (Wildman–Crippen LogP) is 7.07. The summed E-state index contributed by atoms with van der Waals surface area (Å²) in [5.74, 6) is 3.93. The van der Waals surface area contributed by atoms with E-state index in [0.29, 0.717) is 30.0 Å². The van der Waals surface area contributed by atoms with Crippen LogP contribution in [-0.4, -0.2) is 50.5 Å². The zero-order valence-corrected chi connectivity index (χ0v) is 27.3. The standard InChI is InChI=1S/C19H24N2O2S.C12H17N.C3H4.CH5N/c1-6-15(11-17(13-22)23-14(2)3)19(20)21(4)12-16-9-7-8-10-18(16)24-5;1-10-2-4-11(5-3-10)12-6-8-13-9-7-12;1-3-2;1-2/h6-11,13,20H,2,12H2,1,3-5H3;2-5,12-13H,6-9H2,1H3;1H,2H3;2H2,1H3/b15-6-,17-11+,20-19?;;;. The molecule has 6 nitrogen and oxygen atoms in total. The molecule has 0 aromatic heterocycles. The maximum Gasteiger partial charge on any atom is 0.185 e. The number of benzene rings is 2.